The van der Waals surface area contributed by atoms with Crippen molar-refractivity contribution in [3.8, 4) is 0 Å². The fourth-order valence-corrected chi connectivity index (χ4v) is 5.88. The number of carbonyl (C=O) groups is 2. The van der Waals surface area contributed by atoms with Gasteiger partial charge in [-0.25, -0.2) is 13.2 Å². The first-order valence-corrected chi connectivity index (χ1v) is 13.6. The molecule has 7 nitrogen and oxygen atoms in total. The van der Waals surface area contributed by atoms with Gasteiger partial charge in [0.15, 0.2) is 10.1 Å². The molecule has 0 amide bonds. The van der Waals surface area contributed by atoms with Crippen LogP contribution in [0.2, 0.25) is 0 Å². The van der Waals surface area contributed by atoms with E-state index in [9.17, 15) is 44.5 Å². The number of ether oxygens (including phenoxy) is 2. The molecule has 1 fully saturated rings. The van der Waals surface area contributed by atoms with Gasteiger partial charge >= 0.3 is 23.4 Å². The van der Waals surface area contributed by atoms with Crippen LogP contribution >= 0.6 is 67.8 Å². The lowest BCUT2D eigenvalue weighted by atomic mass is 9.87. The molecule has 0 N–H and O–H groups in total. The quantitative estimate of drug-likeness (QED) is 0.133. The second kappa shape index (κ2) is 10.9. The second-order valence-electron chi connectivity index (χ2n) is 7.01. The highest BCUT2D eigenvalue weighted by atomic mass is 127. The van der Waals surface area contributed by atoms with Crippen molar-refractivity contribution in [2.45, 2.75) is 49.3 Å². The molecule has 1 aromatic carbocycles. The first-order chi connectivity index (χ1) is 14.9. The molecule has 0 radical (unpaired) electrons. The van der Waals surface area contributed by atoms with Gasteiger partial charge in [-0.2, -0.15) is 22.0 Å². The Hall–Kier alpha value is -0.0900. The summed E-state index contributed by atoms with van der Waals surface area (Å²) in [7, 11) is -6.78. The number of esters is 2. The zero-order chi connectivity index (χ0) is 25.4. The van der Waals surface area contributed by atoms with Crippen LogP contribution in [0.3, 0.4) is 0 Å². The van der Waals surface area contributed by atoms with Gasteiger partial charge in [-0.1, -0.05) is 0 Å². The summed E-state index contributed by atoms with van der Waals surface area (Å²) >= 11 is 5.96. The highest BCUT2D eigenvalue weighted by Crippen LogP contribution is 2.39. The number of rotatable bonds is 6. The molecule has 0 aromatic heterocycles. The summed E-state index contributed by atoms with van der Waals surface area (Å²) in [6.07, 6.45) is -11.3. The highest BCUT2D eigenvalue weighted by Gasteiger charge is 2.63. The molecule has 2 rings (SSSR count). The Morgan fingerprint density at radius 2 is 1.70 bits per heavy atom. The van der Waals surface area contributed by atoms with Gasteiger partial charge in [-0.3, -0.25) is 4.79 Å². The van der Waals surface area contributed by atoms with Crippen molar-refractivity contribution >= 4 is 89.8 Å². The molecule has 0 bridgehead atoms. The molecular formula is C17H13F5I3O7S-. The third kappa shape index (κ3) is 7.21. The van der Waals surface area contributed by atoms with Crippen LogP contribution in [0.4, 0.5) is 22.0 Å². The molecule has 1 aliphatic rings. The van der Waals surface area contributed by atoms with Crippen molar-refractivity contribution in [3.63, 3.8) is 0 Å². The predicted octanol–water partition coefficient (Wildman–Crippen LogP) is 4.83. The fourth-order valence-electron chi connectivity index (χ4n) is 3.05. The standard InChI is InChI=1S/C17H14F5I3O7S/c18-16(19,20)15(17(21,22)33(28,29)30)32-13(26)7-2-1-3-9(4-7)31-14(27)10-5-8(23)6-11(24)12(10)25/h5-7,9,15H,1-4H2,(H,28,29,30)/p-1. The summed E-state index contributed by atoms with van der Waals surface area (Å²) in [6, 6.07) is 3.39. The summed E-state index contributed by atoms with van der Waals surface area (Å²) < 4.78 is 109. The van der Waals surface area contributed by atoms with Gasteiger partial charge in [0.2, 0.25) is 0 Å². The summed E-state index contributed by atoms with van der Waals surface area (Å²) in [5, 5.41) is -5.92. The topological polar surface area (TPSA) is 110 Å². The van der Waals surface area contributed by atoms with Crippen LogP contribution in [-0.4, -0.2) is 48.5 Å². The van der Waals surface area contributed by atoms with Crippen molar-refractivity contribution in [1.29, 1.82) is 0 Å². The van der Waals surface area contributed by atoms with Gasteiger partial charge in [-0.05, 0) is 106 Å². The van der Waals surface area contributed by atoms with Crippen LogP contribution in [0.1, 0.15) is 36.0 Å². The Bertz CT molecular complexity index is 1030. The minimum absolute atomic E-state index is 0.0637. The van der Waals surface area contributed by atoms with E-state index in [-0.39, 0.29) is 31.2 Å². The number of hydrogen-bond donors (Lipinski definition) is 0. The smallest absolute Gasteiger partial charge is 0.432 e. The fraction of sp³-hybridized carbons (Fsp3) is 0.529. The van der Waals surface area contributed by atoms with Crippen molar-refractivity contribution in [2.75, 3.05) is 0 Å². The average Bonchev–Trinajstić information content (AvgIpc) is 2.66. The average molecular weight is 837 g/mol. The van der Waals surface area contributed by atoms with E-state index in [2.05, 4.69) is 4.74 Å². The van der Waals surface area contributed by atoms with E-state index in [0.29, 0.717) is 3.57 Å². The van der Waals surface area contributed by atoms with Gasteiger partial charge in [0.1, 0.15) is 6.10 Å². The van der Waals surface area contributed by atoms with Gasteiger partial charge in [0, 0.05) is 10.7 Å². The van der Waals surface area contributed by atoms with Crippen molar-refractivity contribution in [1.82, 2.24) is 0 Å². The first kappa shape index (κ1) is 29.1. The predicted molar refractivity (Wildman–Crippen MR) is 126 cm³/mol. The van der Waals surface area contributed by atoms with Crippen LogP contribution in [0.15, 0.2) is 12.1 Å². The molecule has 16 heteroatoms. The van der Waals surface area contributed by atoms with Crippen LogP contribution in [0.25, 0.3) is 0 Å². The molecule has 0 saturated heterocycles. The Morgan fingerprint density at radius 1 is 1.09 bits per heavy atom. The van der Waals surface area contributed by atoms with E-state index in [1.54, 1.807) is 6.07 Å². The lowest BCUT2D eigenvalue weighted by Crippen LogP contribution is -2.53. The summed E-state index contributed by atoms with van der Waals surface area (Å²) in [6.45, 7) is 0. The van der Waals surface area contributed by atoms with Crippen LogP contribution in [-0.2, 0) is 24.4 Å². The normalized spacial score (nSPS) is 20.8. The molecule has 0 heterocycles. The van der Waals surface area contributed by atoms with E-state index in [1.165, 1.54) is 0 Å². The number of halogens is 8. The maximum Gasteiger partial charge on any atom is 0.432 e. The number of alkyl halides is 5. The molecule has 1 aromatic rings. The molecule has 186 valence electrons. The maximum atomic E-state index is 13.6. The third-order valence-corrected chi connectivity index (χ3v) is 9.16. The Morgan fingerprint density at radius 3 is 2.24 bits per heavy atom. The van der Waals surface area contributed by atoms with E-state index >= 15 is 0 Å². The largest absolute Gasteiger partial charge is 0.743 e. The van der Waals surface area contributed by atoms with Gasteiger partial charge < -0.3 is 14.0 Å². The number of hydrogen-bond acceptors (Lipinski definition) is 7. The van der Waals surface area contributed by atoms with E-state index in [1.807, 2.05) is 73.8 Å². The van der Waals surface area contributed by atoms with E-state index < -0.39 is 51.6 Å². The molecular weight excluding hydrogens is 824 g/mol. The molecule has 3 unspecified atom stereocenters. The monoisotopic (exact) mass is 837 g/mol. The summed E-state index contributed by atoms with van der Waals surface area (Å²) in [4.78, 5) is 24.7. The van der Waals surface area contributed by atoms with Crippen LogP contribution in [0, 0.1) is 16.6 Å². The molecule has 3 atom stereocenters. The molecule has 1 aliphatic carbocycles. The lowest BCUT2D eigenvalue weighted by molar-refractivity contribution is -0.261. The molecule has 0 spiro atoms. The molecule has 33 heavy (non-hydrogen) atoms. The minimum atomic E-state index is -6.78. The number of carbonyl (C=O) groups excluding carboxylic acids is 2. The van der Waals surface area contributed by atoms with E-state index in [0.717, 1.165) is 7.14 Å². The third-order valence-electron chi connectivity index (χ3n) is 4.62. The Labute approximate surface area is 225 Å². The van der Waals surface area contributed by atoms with Crippen molar-refractivity contribution in [2.24, 2.45) is 5.92 Å². The minimum Gasteiger partial charge on any atom is -0.743 e. The number of benzene rings is 1. The molecule has 0 aliphatic heterocycles. The zero-order valence-electron chi connectivity index (χ0n) is 16.0. The van der Waals surface area contributed by atoms with Gasteiger partial charge in [0.25, 0.3) is 6.10 Å². The Balaban J connectivity index is 2.14. The molecule has 1 saturated carbocycles. The first-order valence-electron chi connectivity index (χ1n) is 8.91. The summed E-state index contributed by atoms with van der Waals surface area (Å²) in [5.74, 6) is -3.87. The van der Waals surface area contributed by atoms with Crippen molar-refractivity contribution < 1.29 is 54.0 Å². The SMILES string of the molecule is O=C(OC1CCCC(C(=O)OC(C(F)(F)F)C(F)(F)S(=O)(=O)[O-])C1)c1cc(I)cc(I)c1I. The summed E-state index contributed by atoms with van der Waals surface area (Å²) in [5.41, 5.74) is 0.244. The van der Waals surface area contributed by atoms with Gasteiger partial charge in [0.05, 0.1) is 11.5 Å². The second-order valence-corrected chi connectivity index (χ2v) is 12.0. The Kier molecular flexibility index (Phi) is 9.62. The zero-order valence-corrected chi connectivity index (χ0v) is 23.3. The van der Waals surface area contributed by atoms with Crippen LogP contribution in [0.5, 0.6) is 0 Å². The van der Waals surface area contributed by atoms with Gasteiger partial charge in [-0.15, -0.1) is 0 Å². The van der Waals surface area contributed by atoms with Crippen molar-refractivity contribution in [3.05, 3.63) is 28.4 Å². The lowest BCUT2D eigenvalue weighted by Gasteiger charge is -2.32. The maximum absolute atomic E-state index is 13.6. The highest BCUT2D eigenvalue weighted by molar-refractivity contribution is 14.1. The van der Waals surface area contributed by atoms with E-state index in [4.69, 9.17) is 4.74 Å². The van der Waals surface area contributed by atoms with Crippen LogP contribution < -0.4 is 0 Å².